The minimum atomic E-state index is 0.101. The van der Waals surface area contributed by atoms with Gasteiger partial charge in [0.2, 0.25) is 0 Å². The zero-order chi connectivity index (χ0) is 13.8. The highest BCUT2D eigenvalue weighted by molar-refractivity contribution is 5.78. The second kappa shape index (κ2) is 6.95. The Kier molecular flexibility index (Phi) is 5.01. The molecule has 2 saturated carbocycles. The molecule has 0 N–H and O–H groups in total. The summed E-state index contributed by atoms with van der Waals surface area (Å²) in [5, 5.41) is 0. The Hall–Kier alpha value is -0.530. The molecule has 0 amide bonds. The minimum Gasteiger partial charge on any atom is -0.461 e. The second-order valence-electron chi connectivity index (χ2n) is 7.40. The number of carbonyl (C=O) groups excluding carboxylic acids is 1. The van der Waals surface area contributed by atoms with Crippen LogP contribution in [0.25, 0.3) is 0 Å². The molecule has 1 aliphatic heterocycles. The van der Waals surface area contributed by atoms with Gasteiger partial charge < -0.3 is 4.74 Å². The van der Waals surface area contributed by atoms with Gasteiger partial charge in [-0.05, 0) is 31.1 Å². The predicted molar refractivity (Wildman–Crippen MR) is 80.4 cm³/mol. The average Bonchev–Trinajstić information content (AvgIpc) is 2.51. The average molecular weight is 278 g/mol. The van der Waals surface area contributed by atoms with Gasteiger partial charge in [0.05, 0.1) is 5.92 Å². The molecular formula is C18H30O2. The number of rotatable bonds is 5. The van der Waals surface area contributed by atoms with Gasteiger partial charge in [-0.3, -0.25) is 4.79 Å². The standard InChI is InChI=1S/C18H30O2/c19-18-16(13-15-9-5-2-6-10-15)17(20-18)12-11-14-7-3-1-4-8-14/h14-17H,1-13H2/t16-,17?/m0/s1. The summed E-state index contributed by atoms with van der Waals surface area (Å²) < 4.78 is 5.45. The molecule has 2 aliphatic carbocycles. The first-order chi connectivity index (χ1) is 9.83. The van der Waals surface area contributed by atoms with Crippen molar-refractivity contribution < 1.29 is 9.53 Å². The topological polar surface area (TPSA) is 26.3 Å². The van der Waals surface area contributed by atoms with E-state index >= 15 is 0 Å². The number of carbonyl (C=O) groups is 1. The van der Waals surface area contributed by atoms with Crippen LogP contribution in [0.1, 0.15) is 83.5 Å². The summed E-state index contributed by atoms with van der Waals surface area (Å²) in [6, 6.07) is 0. The lowest BCUT2D eigenvalue weighted by molar-refractivity contribution is -0.187. The summed E-state index contributed by atoms with van der Waals surface area (Å²) in [5.41, 5.74) is 0. The summed E-state index contributed by atoms with van der Waals surface area (Å²) in [5.74, 6) is 2.07. The second-order valence-corrected chi connectivity index (χ2v) is 7.40. The first-order valence-electron chi connectivity index (χ1n) is 9.03. The molecule has 20 heavy (non-hydrogen) atoms. The van der Waals surface area contributed by atoms with Crippen LogP contribution in [0.5, 0.6) is 0 Å². The SMILES string of the molecule is O=C1OC(CCC2CCCCC2)[C@@H]1CC1CCCCC1. The molecule has 114 valence electrons. The first kappa shape index (κ1) is 14.4. The van der Waals surface area contributed by atoms with Crippen LogP contribution in [0.2, 0.25) is 0 Å². The molecule has 3 rings (SSSR count). The molecule has 0 radical (unpaired) electrons. The van der Waals surface area contributed by atoms with E-state index in [1.54, 1.807) is 0 Å². The third kappa shape index (κ3) is 3.56. The molecule has 0 aromatic carbocycles. The van der Waals surface area contributed by atoms with Crippen LogP contribution in [-0.4, -0.2) is 12.1 Å². The van der Waals surface area contributed by atoms with Crippen LogP contribution in [-0.2, 0) is 9.53 Å². The molecule has 3 fully saturated rings. The fourth-order valence-electron chi connectivity index (χ4n) is 4.56. The number of cyclic esters (lactones) is 1. The van der Waals surface area contributed by atoms with Crippen LogP contribution in [0.3, 0.4) is 0 Å². The minimum absolute atomic E-state index is 0.101. The molecule has 1 unspecified atom stereocenters. The maximum atomic E-state index is 11.7. The van der Waals surface area contributed by atoms with Gasteiger partial charge in [-0.1, -0.05) is 64.2 Å². The van der Waals surface area contributed by atoms with Gasteiger partial charge >= 0.3 is 5.97 Å². The van der Waals surface area contributed by atoms with Gasteiger partial charge in [0.25, 0.3) is 0 Å². The van der Waals surface area contributed by atoms with Crippen LogP contribution in [0.4, 0.5) is 0 Å². The van der Waals surface area contributed by atoms with Crippen LogP contribution in [0, 0.1) is 17.8 Å². The molecule has 0 bridgehead atoms. The van der Waals surface area contributed by atoms with Crippen molar-refractivity contribution in [1.29, 1.82) is 0 Å². The fraction of sp³-hybridized carbons (Fsp3) is 0.944. The van der Waals surface area contributed by atoms with Crippen molar-refractivity contribution in [3.63, 3.8) is 0 Å². The van der Waals surface area contributed by atoms with Crippen molar-refractivity contribution >= 4 is 5.97 Å². The summed E-state index contributed by atoms with van der Waals surface area (Å²) in [4.78, 5) is 11.7. The summed E-state index contributed by atoms with van der Waals surface area (Å²) in [6.45, 7) is 0. The molecule has 0 aromatic heterocycles. The molecule has 2 heteroatoms. The third-order valence-electron chi connectivity index (χ3n) is 5.92. The number of hydrogen-bond acceptors (Lipinski definition) is 2. The molecule has 2 nitrogen and oxygen atoms in total. The Morgan fingerprint density at radius 2 is 1.40 bits per heavy atom. The highest BCUT2D eigenvalue weighted by atomic mass is 16.6. The Bertz CT molecular complexity index is 313. The summed E-state index contributed by atoms with van der Waals surface area (Å²) in [7, 11) is 0. The third-order valence-corrected chi connectivity index (χ3v) is 5.92. The summed E-state index contributed by atoms with van der Waals surface area (Å²) >= 11 is 0. The lowest BCUT2D eigenvalue weighted by Crippen LogP contribution is -2.46. The Morgan fingerprint density at radius 1 is 0.800 bits per heavy atom. The first-order valence-corrected chi connectivity index (χ1v) is 9.03. The van der Waals surface area contributed by atoms with Gasteiger partial charge in [-0.25, -0.2) is 0 Å². The summed E-state index contributed by atoms with van der Waals surface area (Å²) in [6.07, 6.45) is 17.7. The van der Waals surface area contributed by atoms with Crippen molar-refractivity contribution in [2.75, 3.05) is 0 Å². The molecule has 1 heterocycles. The lowest BCUT2D eigenvalue weighted by atomic mass is 9.77. The lowest BCUT2D eigenvalue weighted by Gasteiger charge is -2.38. The largest absolute Gasteiger partial charge is 0.461 e. The number of ether oxygens (including phenoxy) is 1. The maximum absolute atomic E-state index is 11.7. The highest BCUT2D eigenvalue weighted by Gasteiger charge is 2.43. The van der Waals surface area contributed by atoms with Gasteiger partial charge in [0.1, 0.15) is 6.10 Å². The fourth-order valence-corrected chi connectivity index (χ4v) is 4.56. The van der Waals surface area contributed by atoms with E-state index in [1.165, 1.54) is 70.6 Å². The zero-order valence-corrected chi connectivity index (χ0v) is 12.8. The van der Waals surface area contributed by atoms with E-state index in [-0.39, 0.29) is 18.0 Å². The van der Waals surface area contributed by atoms with Gasteiger partial charge in [-0.15, -0.1) is 0 Å². The van der Waals surface area contributed by atoms with E-state index in [4.69, 9.17) is 4.74 Å². The van der Waals surface area contributed by atoms with E-state index in [0.717, 1.165) is 24.7 Å². The maximum Gasteiger partial charge on any atom is 0.313 e. The molecule has 0 aromatic rings. The molecule has 1 saturated heterocycles. The Labute approximate surface area is 123 Å². The van der Waals surface area contributed by atoms with Gasteiger partial charge in [0, 0.05) is 0 Å². The molecule has 3 aliphatic rings. The van der Waals surface area contributed by atoms with Crippen molar-refractivity contribution in [1.82, 2.24) is 0 Å². The highest BCUT2D eigenvalue weighted by Crippen LogP contribution is 2.38. The van der Waals surface area contributed by atoms with E-state index in [1.807, 2.05) is 0 Å². The van der Waals surface area contributed by atoms with E-state index in [9.17, 15) is 4.79 Å². The number of esters is 1. The van der Waals surface area contributed by atoms with Crippen LogP contribution < -0.4 is 0 Å². The van der Waals surface area contributed by atoms with Crippen molar-refractivity contribution in [2.45, 2.75) is 89.6 Å². The number of hydrogen-bond donors (Lipinski definition) is 0. The molecule has 0 spiro atoms. The van der Waals surface area contributed by atoms with Crippen molar-refractivity contribution in [3.8, 4) is 0 Å². The van der Waals surface area contributed by atoms with Crippen molar-refractivity contribution in [3.05, 3.63) is 0 Å². The Balaban J connectivity index is 1.41. The van der Waals surface area contributed by atoms with Crippen LogP contribution in [0.15, 0.2) is 0 Å². The predicted octanol–water partition coefficient (Wildman–Crippen LogP) is 4.86. The van der Waals surface area contributed by atoms with E-state index in [2.05, 4.69) is 0 Å². The smallest absolute Gasteiger partial charge is 0.313 e. The Morgan fingerprint density at radius 3 is 2.00 bits per heavy atom. The quantitative estimate of drug-likeness (QED) is 0.671. The van der Waals surface area contributed by atoms with Crippen LogP contribution >= 0.6 is 0 Å². The zero-order valence-electron chi connectivity index (χ0n) is 12.8. The monoisotopic (exact) mass is 278 g/mol. The van der Waals surface area contributed by atoms with Gasteiger partial charge in [0.15, 0.2) is 0 Å². The van der Waals surface area contributed by atoms with Crippen molar-refractivity contribution in [2.24, 2.45) is 17.8 Å². The molecule has 2 atom stereocenters. The normalized spacial score (nSPS) is 32.7. The van der Waals surface area contributed by atoms with Gasteiger partial charge in [-0.2, -0.15) is 0 Å². The van der Waals surface area contributed by atoms with E-state index < -0.39 is 0 Å². The van der Waals surface area contributed by atoms with E-state index in [0.29, 0.717) is 0 Å². The molecular weight excluding hydrogens is 248 g/mol.